The predicted molar refractivity (Wildman–Crippen MR) is 64.7 cm³/mol. The molecular weight excluding hydrogens is 258 g/mol. The fourth-order valence-corrected chi connectivity index (χ4v) is 1.42. The lowest BCUT2D eigenvalue weighted by molar-refractivity contribution is 0.0691. The van der Waals surface area contributed by atoms with Gasteiger partial charge in [0, 0.05) is 19.3 Å². The molecule has 0 aliphatic rings. The minimum absolute atomic E-state index is 0.0290. The van der Waals surface area contributed by atoms with Gasteiger partial charge in [-0.1, -0.05) is 11.6 Å². The third kappa shape index (κ3) is 3.17. The van der Waals surface area contributed by atoms with Crippen molar-refractivity contribution in [3.05, 3.63) is 35.5 Å². The van der Waals surface area contributed by atoms with Crippen molar-refractivity contribution in [1.29, 1.82) is 0 Å². The highest BCUT2D eigenvalue weighted by Gasteiger charge is 2.05. The topological polar surface area (TPSA) is 92.9 Å². The molecule has 2 aromatic heterocycles. The molecule has 2 heterocycles. The van der Waals surface area contributed by atoms with Crippen molar-refractivity contribution >= 4 is 23.4 Å². The molecule has 7 nitrogen and oxygen atoms in total. The van der Waals surface area contributed by atoms with Crippen LogP contribution in [0.5, 0.6) is 0 Å². The molecule has 18 heavy (non-hydrogen) atoms. The second-order valence-corrected chi connectivity index (χ2v) is 3.86. The van der Waals surface area contributed by atoms with E-state index in [0.717, 1.165) is 0 Å². The number of imidazole rings is 1. The molecule has 0 amide bonds. The highest BCUT2D eigenvalue weighted by molar-refractivity contribution is 6.29. The fraction of sp³-hybridized carbons (Fsp3) is 0.200. The number of rotatable bonds is 5. The molecule has 0 bridgehead atoms. The lowest BCUT2D eigenvalue weighted by Gasteiger charge is -2.04. The molecule has 0 saturated carbocycles. The highest BCUT2D eigenvalue weighted by Crippen LogP contribution is 2.05. The third-order valence-corrected chi connectivity index (χ3v) is 2.36. The summed E-state index contributed by atoms with van der Waals surface area (Å²) in [5.41, 5.74) is 0.0290. The monoisotopic (exact) mass is 267 g/mol. The maximum Gasteiger partial charge on any atom is 0.356 e. The normalized spacial score (nSPS) is 10.3. The Morgan fingerprint density at radius 2 is 2.28 bits per heavy atom. The first-order valence-electron chi connectivity index (χ1n) is 5.13. The van der Waals surface area contributed by atoms with Gasteiger partial charge < -0.3 is 15.0 Å². The molecule has 0 aliphatic carbocycles. The summed E-state index contributed by atoms with van der Waals surface area (Å²) >= 11 is 5.60. The average Bonchev–Trinajstić information content (AvgIpc) is 2.81. The molecule has 0 radical (unpaired) electrons. The molecule has 2 rings (SSSR count). The number of carbonyl (C=O) groups is 1. The summed E-state index contributed by atoms with van der Waals surface area (Å²) < 4.78 is 1.68. The van der Waals surface area contributed by atoms with E-state index in [0.29, 0.717) is 24.1 Å². The van der Waals surface area contributed by atoms with Crippen LogP contribution in [0.4, 0.5) is 5.82 Å². The van der Waals surface area contributed by atoms with E-state index in [2.05, 4.69) is 20.5 Å². The van der Waals surface area contributed by atoms with Crippen molar-refractivity contribution in [3.63, 3.8) is 0 Å². The number of aromatic nitrogens is 4. The van der Waals surface area contributed by atoms with E-state index < -0.39 is 5.97 Å². The quantitative estimate of drug-likeness (QED) is 0.844. The van der Waals surface area contributed by atoms with Gasteiger partial charge in [-0.05, 0) is 12.1 Å². The lowest BCUT2D eigenvalue weighted by Crippen LogP contribution is -2.10. The van der Waals surface area contributed by atoms with Crippen molar-refractivity contribution < 1.29 is 9.90 Å². The Morgan fingerprint density at radius 1 is 1.44 bits per heavy atom. The van der Waals surface area contributed by atoms with Crippen LogP contribution in [0.3, 0.4) is 0 Å². The van der Waals surface area contributed by atoms with E-state index in [1.54, 1.807) is 16.7 Å². The first-order chi connectivity index (χ1) is 8.65. The number of nitrogens with zero attached hydrogens (tertiary/aromatic N) is 4. The lowest BCUT2D eigenvalue weighted by atomic mass is 10.5. The summed E-state index contributed by atoms with van der Waals surface area (Å²) in [5, 5.41) is 19.6. The number of hydrogen-bond donors (Lipinski definition) is 2. The minimum Gasteiger partial charge on any atom is -0.476 e. The third-order valence-electron chi connectivity index (χ3n) is 2.16. The molecule has 0 atom stereocenters. The molecule has 0 saturated heterocycles. The Labute approximate surface area is 107 Å². The summed E-state index contributed by atoms with van der Waals surface area (Å²) in [4.78, 5) is 14.4. The number of halogens is 1. The Kier molecular flexibility index (Phi) is 3.73. The average molecular weight is 268 g/mol. The Morgan fingerprint density at radius 3 is 2.89 bits per heavy atom. The summed E-state index contributed by atoms with van der Waals surface area (Å²) in [6.45, 7) is 1.15. The second-order valence-electron chi connectivity index (χ2n) is 3.47. The number of nitrogens with one attached hydrogen (secondary N) is 1. The maximum atomic E-state index is 10.6. The van der Waals surface area contributed by atoms with Crippen LogP contribution in [0.2, 0.25) is 5.15 Å². The Hall–Kier alpha value is -2.15. The molecular formula is C10H10ClN5O2. The molecule has 2 N–H and O–H groups in total. The standard InChI is InChI=1S/C10H10ClN5O2/c11-8-1-2-9(15-14-8)12-3-4-16-5-7(10(17)18)13-6-16/h1-2,5-6H,3-4H2,(H,12,15)(H,17,18). The van der Waals surface area contributed by atoms with Crippen molar-refractivity contribution in [2.45, 2.75) is 6.54 Å². The first kappa shape index (κ1) is 12.3. The van der Waals surface area contributed by atoms with Crippen LogP contribution in [0.25, 0.3) is 0 Å². The Bertz CT molecular complexity index is 539. The van der Waals surface area contributed by atoms with Gasteiger partial charge in [0.2, 0.25) is 0 Å². The van der Waals surface area contributed by atoms with Gasteiger partial charge in [0.05, 0.1) is 6.33 Å². The summed E-state index contributed by atoms with van der Waals surface area (Å²) in [7, 11) is 0. The van der Waals surface area contributed by atoms with Crippen LogP contribution < -0.4 is 5.32 Å². The minimum atomic E-state index is -1.04. The van der Waals surface area contributed by atoms with Crippen LogP contribution in [0, 0.1) is 0 Å². The summed E-state index contributed by atoms with van der Waals surface area (Å²) in [6.07, 6.45) is 2.94. The van der Waals surface area contributed by atoms with Crippen LogP contribution in [-0.2, 0) is 6.54 Å². The van der Waals surface area contributed by atoms with Gasteiger partial charge in [0.15, 0.2) is 10.8 Å². The van der Waals surface area contributed by atoms with Crippen LogP contribution >= 0.6 is 11.6 Å². The van der Waals surface area contributed by atoms with E-state index in [-0.39, 0.29) is 5.69 Å². The zero-order valence-electron chi connectivity index (χ0n) is 9.25. The molecule has 0 fully saturated rings. The van der Waals surface area contributed by atoms with Gasteiger partial charge >= 0.3 is 5.97 Å². The number of carboxylic acid groups (broad SMARTS) is 1. The number of carboxylic acids is 1. The van der Waals surface area contributed by atoms with Gasteiger partial charge in [-0.25, -0.2) is 9.78 Å². The van der Waals surface area contributed by atoms with Crippen molar-refractivity contribution in [2.24, 2.45) is 0 Å². The molecule has 0 aromatic carbocycles. The summed E-state index contributed by atoms with van der Waals surface area (Å²) in [5.74, 6) is -0.428. The molecule has 0 spiro atoms. The van der Waals surface area contributed by atoms with Crippen LogP contribution in [-0.4, -0.2) is 37.4 Å². The van der Waals surface area contributed by atoms with Gasteiger partial charge in [-0.2, -0.15) is 0 Å². The predicted octanol–water partition coefficient (Wildman–Crippen LogP) is 1.14. The molecule has 2 aromatic rings. The van der Waals surface area contributed by atoms with Crippen molar-refractivity contribution in [1.82, 2.24) is 19.7 Å². The van der Waals surface area contributed by atoms with Crippen molar-refractivity contribution in [3.8, 4) is 0 Å². The zero-order chi connectivity index (χ0) is 13.0. The number of anilines is 1. The van der Waals surface area contributed by atoms with E-state index >= 15 is 0 Å². The summed E-state index contributed by atoms with van der Waals surface area (Å²) in [6, 6.07) is 3.35. The van der Waals surface area contributed by atoms with Gasteiger partial charge in [0.25, 0.3) is 0 Å². The van der Waals surface area contributed by atoms with Crippen molar-refractivity contribution in [2.75, 3.05) is 11.9 Å². The van der Waals surface area contributed by atoms with E-state index in [1.165, 1.54) is 12.5 Å². The molecule has 0 unspecified atom stereocenters. The largest absolute Gasteiger partial charge is 0.476 e. The number of hydrogen-bond acceptors (Lipinski definition) is 5. The Balaban J connectivity index is 1.84. The van der Waals surface area contributed by atoms with E-state index in [4.69, 9.17) is 16.7 Å². The first-order valence-corrected chi connectivity index (χ1v) is 5.51. The second kappa shape index (κ2) is 5.46. The smallest absolute Gasteiger partial charge is 0.356 e. The highest BCUT2D eigenvalue weighted by atomic mass is 35.5. The SMILES string of the molecule is O=C(O)c1cn(CCNc2ccc(Cl)nn2)cn1. The van der Waals surface area contributed by atoms with E-state index in [1.807, 2.05) is 0 Å². The van der Waals surface area contributed by atoms with Gasteiger partial charge in [0.1, 0.15) is 5.82 Å². The van der Waals surface area contributed by atoms with Gasteiger partial charge in [-0.3, -0.25) is 0 Å². The fourth-order valence-electron chi connectivity index (χ4n) is 1.32. The molecule has 94 valence electrons. The van der Waals surface area contributed by atoms with E-state index in [9.17, 15) is 4.79 Å². The van der Waals surface area contributed by atoms with Gasteiger partial charge in [-0.15, -0.1) is 10.2 Å². The zero-order valence-corrected chi connectivity index (χ0v) is 10.0. The van der Waals surface area contributed by atoms with Crippen LogP contribution in [0.1, 0.15) is 10.5 Å². The van der Waals surface area contributed by atoms with Crippen LogP contribution in [0.15, 0.2) is 24.7 Å². The maximum absolute atomic E-state index is 10.6. The molecule has 0 aliphatic heterocycles. The number of aromatic carboxylic acids is 1. The molecule has 8 heteroatoms.